The number of hydrogen-bond acceptors (Lipinski definition) is 3. The van der Waals surface area contributed by atoms with Crippen LogP contribution in [0.15, 0.2) is 33.6 Å². The van der Waals surface area contributed by atoms with E-state index in [0.29, 0.717) is 21.8 Å². The van der Waals surface area contributed by atoms with Crippen LogP contribution in [0.4, 0.5) is 0 Å². The maximum atomic E-state index is 12.1. The van der Waals surface area contributed by atoms with Crippen LogP contribution in [0.25, 0.3) is 0 Å². The van der Waals surface area contributed by atoms with Crippen LogP contribution in [0, 0.1) is 5.92 Å². The fraction of sp³-hybridized carbons (Fsp3) is 0.500. The fourth-order valence-electron chi connectivity index (χ4n) is 2.07. The summed E-state index contributed by atoms with van der Waals surface area (Å²) in [6.45, 7) is 2.42. The summed E-state index contributed by atoms with van der Waals surface area (Å²) in [4.78, 5) is 0.300. The zero-order valence-electron chi connectivity index (χ0n) is 10.0. The second-order valence-corrected chi connectivity index (χ2v) is 7.08. The number of sulfonamides is 1. The van der Waals surface area contributed by atoms with Gasteiger partial charge in [-0.3, -0.25) is 0 Å². The molecule has 1 aliphatic rings. The minimum atomic E-state index is -3.41. The standard InChI is InChI=1S/C12H17BrN2O2S/c13-11-5-1-2-6-12(11)18(16,17)15-9-10-4-3-7-14-8-10/h1-2,5-6,10,14-15H,3-4,7-9H2/t10-/m1/s1. The lowest BCUT2D eigenvalue weighted by Crippen LogP contribution is -2.38. The largest absolute Gasteiger partial charge is 0.316 e. The Morgan fingerprint density at radius 1 is 1.39 bits per heavy atom. The van der Waals surface area contributed by atoms with E-state index in [1.54, 1.807) is 24.3 Å². The number of halogens is 1. The molecule has 18 heavy (non-hydrogen) atoms. The Morgan fingerprint density at radius 2 is 2.17 bits per heavy atom. The average Bonchev–Trinajstić information content (AvgIpc) is 2.38. The van der Waals surface area contributed by atoms with Crippen LogP contribution in [0.2, 0.25) is 0 Å². The first-order valence-corrected chi connectivity index (χ1v) is 8.32. The predicted molar refractivity (Wildman–Crippen MR) is 74.9 cm³/mol. The topological polar surface area (TPSA) is 58.2 Å². The van der Waals surface area contributed by atoms with E-state index in [4.69, 9.17) is 0 Å². The Hall–Kier alpha value is -0.430. The summed E-state index contributed by atoms with van der Waals surface area (Å²) in [5.41, 5.74) is 0. The smallest absolute Gasteiger partial charge is 0.241 e. The van der Waals surface area contributed by atoms with E-state index >= 15 is 0 Å². The van der Waals surface area contributed by atoms with Gasteiger partial charge in [0.05, 0.1) is 4.90 Å². The molecule has 1 saturated heterocycles. The maximum absolute atomic E-state index is 12.1. The molecule has 2 rings (SSSR count). The predicted octanol–water partition coefficient (Wildman–Crippen LogP) is 1.73. The molecule has 0 amide bonds. The van der Waals surface area contributed by atoms with Gasteiger partial charge in [0.1, 0.15) is 0 Å². The third-order valence-electron chi connectivity index (χ3n) is 3.09. The third kappa shape index (κ3) is 3.54. The van der Waals surface area contributed by atoms with Crippen molar-refractivity contribution in [2.24, 2.45) is 5.92 Å². The molecule has 2 N–H and O–H groups in total. The fourth-order valence-corrected chi connectivity index (χ4v) is 4.18. The average molecular weight is 333 g/mol. The van der Waals surface area contributed by atoms with Crippen molar-refractivity contribution < 1.29 is 8.42 Å². The summed E-state index contributed by atoms with van der Waals surface area (Å²) >= 11 is 3.27. The lowest BCUT2D eigenvalue weighted by Gasteiger charge is -2.22. The second kappa shape index (κ2) is 6.14. The molecule has 100 valence electrons. The molecule has 6 heteroatoms. The Kier molecular flexibility index (Phi) is 4.77. The van der Waals surface area contributed by atoms with E-state index in [1.807, 2.05) is 0 Å². The molecular formula is C12H17BrN2O2S. The van der Waals surface area contributed by atoms with Gasteiger partial charge in [-0.1, -0.05) is 12.1 Å². The first kappa shape index (κ1) is 14.0. The van der Waals surface area contributed by atoms with Gasteiger partial charge < -0.3 is 5.32 Å². The molecule has 1 aliphatic heterocycles. The van der Waals surface area contributed by atoms with Gasteiger partial charge in [-0.05, 0) is 59.9 Å². The minimum absolute atomic E-state index is 0.300. The molecule has 1 heterocycles. The van der Waals surface area contributed by atoms with Crippen LogP contribution >= 0.6 is 15.9 Å². The number of nitrogens with one attached hydrogen (secondary N) is 2. The summed E-state index contributed by atoms with van der Waals surface area (Å²) in [7, 11) is -3.41. The van der Waals surface area contributed by atoms with E-state index < -0.39 is 10.0 Å². The molecule has 0 radical (unpaired) electrons. The SMILES string of the molecule is O=S(=O)(NC[C@@H]1CCCNC1)c1ccccc1Br. The van der Waals surface area contributed by atoms with Crippen molar-refractivity contribution >= 4 is 26.0 Å². The monoisotopic (exact) mass is 332 g/mol. The van der Waals surface area contributed by atoms with Gasteiger partial charge in [0.25, 0.3) is 0 Å². The lowest BCUT2D eigenvalue weighted by molar-refractivity contribution is 0.376. The molecule has 0 saturated carbocycles. The zero-order valence-corrected chi connectivity index (χ0v) is 12.4. The number of hydrogen-bond donors (Lipinski definition) is 2. The number of rotatable bonds is 4. The van der Waals surface area contributed by atoms with Crippen molar-refractivity contribution in [3.05, 3.63) is 28.7 Å². The quantitative estimate of drug-likeness (QED) is 0.882. The molecule has 1 aromatic rings. The molecule has 0 bridgehead atoms. The van der Waals surface area contributed by atoms with Crippen molar-refractivity contribution in [2.45, 2.75) is 17.7 Å². The second-order valence-electron chi connectivity index (χ2n) is 4.49. The van der Waals surface area contributed by atoms with Crippen molar-refractivity contribution in [3.8, 4) is 0 Å². The molecule has 1 atom stereocenters. The Labute approximate surface area is 116 Å². The normalized spacial score (nSPS) is 20.8. The van der Waals surface area contributed by atoms with Gasteiger partial charge in [0.15, 0.2) is 0 Å². The molecule has 1 aromatic carbocycles. The van der Waals surface area contributed by atoms with Crippen molar-refractivity contribution in [2.75, 3.05) is 19.6 Å². The third-order valence-corrected chi connectivity index (χ3v) is 5.52. The highest BCUT2D eigenvalue weighted by Crippen LogP contribution is 2.21. The van der Waals surface area contributed by atoms with Gasteiger partial charge in [-0.25, -0.2) is 13.1 Å². The van der Waals surface area contributed by atoms with Crippen LogP contribution in [-0.2, 0) is 10.0 Å². The van der Waals surface area contributed by atoms with Crippen LogP contribution in [0.5, 0.6) is 0 Å². The van der Waals surface area contributed by atoms with E-state index in [2.05, 4.69) is 26.0 Å². The molecule has 0 aromatic heterocycles. The number of piperidine rings is 1. The first-order valence-electron chi connectivity index (χ1n) is 6.04. The summed E-state index contributed by atoms with van der Waals surface area (Å²) < 4.78 is 27.6. The Balaban J connectivity index is 2.01. The van der Waals surface area contributed by atoms with Crippen LogP contribution in [0.1, 0.15) is 12.8 Å². The van der Waals surface area contributed by atoms with Crippen LogP contribution in [0.3, 0.4) is 0 Å². The number of benzene rings is 1. The summed E-state index contributed by atoms with van der Waals surface area (Å²) in [5, 5.41) is 3.28. The zero-order chi connectivity index (χ0) is 13.0. The molecule has 0 unspecified atom stereocenters. The molecule has 0 aliphatic carbocycles. The van der Waals surface area contributed by atoms with Crippen LogP contribution < -0.4 is 10.0 Å². The van der Waals surface area contributed by atoms with E-state index in [1.165, 1.54) is 0 Å². The molecular weight excluding hydrogens is 316 g/mol. The lowest BCUT2D eigenvalue weighted by atomic mass is 10.0. The van der Waals surface area contributed by atoms with Crippen LogP contribution in [-0.4, -0.2) is 28.1 Å². The van der Waals surface area contributed by atoms with Crippen molar-refractivity contribution in [1.29, 1.82) is 0 Å². The summed E-state index contributed by atoms with van der Waals surface area (Å²) in [6, 6.07) is 6.86. The Bertz CT molecular complexity index is 499. The van der Waals surface area contributed by atoms with Gasteiger partial charge in [-0.2, -0.15) is 0 Å². The minimum Gasteiger partial charge on any atom is -0.316 e. The maximum Gasteiger partial charge on any atom is 0.241 e. The van der Waals surface area contributed by atoms with E-state index in [9.17, 15) is 8.42 Å². The van der Waals surface area contributed by atoms with Gasteiger partial charge in [-0.15, -0.1) is 0 Å². The summed E-state index contributed by atoms with van der Waals surface area (Å²) in [5.74, 6) is 0.385. The van der Waals surface area contributed by atoms with E-state index in [0.717, 1.165) is 25.9 Å². The highest BCUT2D eigenvalue weighted by molar-refractivity contribution is 9.10. The molecule has 0 spiro atoms. The van der Waals surface area contributed by atoms with Crippen molar-refractivity contribution in [1.82, 2.24) is 10.0 Å². The highest BCUT2D eigenvalue weighted by Gasteiger charge is 2.20. The molecule has 4 nitrogen and oxygen atoms in total. The van der Waals surface area contributed by atoms with E-state index in [-0.39, 0.29) is 0 Å². The first-order chi connectivity index (χ1) is 8.59. The van der Waals surface area contributed by atoms with Gasteiger partial charge >= 0.3 is 0 Å². The summed E-state index contributed by atoms with van der Waals surface area (Å²) in [6.07, 6.45) is 2.19. The van der Waals surface area contributed by atoms with Gasteiger partial charge in [0, 0.05) is 11.0 Å². The Morgan fingerprint density at radius 3 is 2.83 bits per heavy atom. The van der Waals surface area contributed by atoms with Gasteiger partial charge in [0.2, 0.25) is 10.0 Å². The molecule has 1 fully saturated rings. The highest BCUT2D eigenvalue weighted by atomic mass is 79.9. The van der Waals surface area contributed by atoms with Crippen molar-refractivity contribution in [3.63, 3.8) is 0 Å².